The van der Waals surface area contributed by atoms with E-state index in [-0.39, 0.29) is 41.2 Å². The molecule has 0 bridgehead atoms. The van der Waals surface area contributed by atoms with Crippen LogP contribution in [0.3, 0.4) is 0 Å². The maximum absolute atomic E-state index is 14.2. The van der Waals surface area contributed by atoms with Crippen LogP contribution in [0.1, 0.15) is 44.7 Å². The average Bonchev–Trinajstić information content (AvgIpc) is 3.00. The Labute approximate surface area is 253 Å². The third-order valence-corrected chi connectivity index (χ3v) is 8.98. The maximum atomic E-state index is 14.2. The monoisotopic (exact) mass is 613 g/mol. The van der Waals surface area contributed by atoms with Crippen LogP contribution in [0.25, 0.3) is 0 Å². The van der Waals surface area contributed by atoms with E-state index in [0.29, 0.717) is 17.7 Å². The van der Waals surface area contributed by atoms with Crippen molar-refractivity contribution < 1.29 is 31.9 Å². The standard InChI is InChI=1S/C32H40FN3O6S/c1-7-23(4)34-32(38)28(8-2)35(20-24-11-13-25(33)14-12-24)31(37)21-36(26-15-18-29(41-5)30(19-26)42-6)43(39,40)27-16-9-22(3)10-17-27/h9-19,23,28H,7-8,20-21H2,1-6H3,(H,34,38)/t23-,28-/m0/s1. The summed E-state index contributed by atoms with van der Waals surface area (Å²) in [6.45, 7) is 6.78. The second kappa shape index (κ2) is 14.9. The second-order valence-electron chi connectivity index (χ2n) is 10.3. The van der Waals surface area contributed by atoms with Crippen LogP contribution in [0.4, 0.5) is 10.1 Å². The predicted octanol–water partition coefficient (Wildman–Crippen LogP) is 5.07. The topological polar surface area (TPSA) is 105 Å². The van der Waals surface area contributed by atoms with Gasteiger partial charge in [-0.2, -0.15) is 0 Å². The molecule has 0 aliphatic rings. The zero-order valence-electron chi connectivity index (χ0n) is 25.5. The number of amides is 2. The molecule has 3 aromatic rings. The van der Waals surface area contributed by atoms with E-state index in [4.69, 9.17) is 9.47 Å². The lowest BCUT2D eigenvalue weighted by Gasteiger charge is -2.33. The molecule has 0 saturated heterocycles. The smallest absolute Gasteiger partial charge is 0.264 e. The first-order chi connectivity index (χ1) is 20.4. The van der Waals surface area contributed by atoms with Gasteiger partial charge in [0.25, 0.3) is 10.0 Å². The van der Waals surface area contributed by atoms with E-state index in [1.807, 2.05) is 20.8 Å². The van der Waals surface area contributed by atoms with E-state index in [1.54, 1.807) is 25.1 Å². The molecule has 3 rings (SSSR count). The summed E-state index contributed by atoms with van der Waals surface area (Å²) < 4.78 is 53.6. The van der Waals surface area contributed by atoms with Crippen LogP contribution in [0.2, 0.25) is 0 Å². The first-order valence-corrected chi connectivity index (χ1v) is 15.5. The number of anilines is 1. The third kappa shape index (κ3) is 8.25. The number of rotatable bonds is 14. The first kappa shape index (κ1) is 33.4. The normalized spacial score (nSPS) is 12.6. The molecule has 0 radical (unpaired) electrons. The number of ether oxygens (including phenoxy) is 2. The third-order valence-electron chi connectivity index (χ3n) is 7.20. The number of sulfonamides is 1. The molecule has 2 amide bonds. The minimum absolute atomic E-state index is 0.00711. The molecule has 9 nitrogen and oxygen atoms in total. The fourth-order valence-corrected chi connectivity index (χ4v) is 5.90. The Hall–Kier alpha value is -4.12. The molecule has 0 aromatic heterocycles. The molecule has 11 heteroatoms. The van der Waals surface area contributed by atoms with Gasteiger partial charge in [-0.3, -0.25) is 13.9 Å². The van der Waals surface area contributed by atoms with Gasteiger partial charge in [0.05, 0.1) is 24.8 Å². The average molecular weight is 614 g/mol. The number of carbonyl (C=O) groups excluding carboxylic acids is 2. The van der Waals surface area contributed by atoms with Crippen molar-refractivity contribution in [3.05, 3.63) is 83.7 Å². The van der Waals surface area contributed by atoms with Crippen LogP contribution in [-0.4, -0.2) is 58.0 Å². The Morgan fingerprint density at radius 2 is 1.53 bits per heavy atom. The number of hydrogen-bond acceptors (Lipinski definition) is 6. The van der Waals surface area contributed by atoms with Crippen molar-refractivity contribution in [1.82, 2.24) is 10.2 Å². The highest BCUT2D eigenvalue weighted by Crippen LogP contribution is 2.34. The molecule has 0 unspecified atom stereocenters. The van der Waals surface area contributed by atoms with Crippen LogP contribution in [0.5, 0.6) is 11.5 Å². The summed E-state index contributed by atoms with van der Waals surface area (Å²) in [5.41, 5.74) is 1.63. The highest BCUT2D eigenvalue weighted by atomic mass is 32.2. The fraction of sp³-hybridized carbons (Fsp3) is 0.375. The van der Waals surface area contributed by atoms with Crippen molar-refractivity contribution in [3.63, 3.8) is 0 Å². The van der Waals surface area contributed by atoms with Crippen molar-refractivity contribution >= 4 is 27.5 Å². The van der Waals surface area contributed by atoms with Crippen LogP contribution < -0.4 is 19.1 Å². The predicted molar refractivity (Wildman–Crippen MR) is 164 cm³/mol. The number of halogens is 1. The number of hydrogen-bond donors (Lipinski definition) is 1. The molecular weight excluding hydrogens is 573 g/mol. The summed E-state index contributed by atoms with van der Waals surface area (Å²) in [6.07, 6.45) is 0.965. The Kier molecular flexibility index (Phi) is 11.5. The Balaban J connectivity index is 2.11. The number of nitrogens with zero attached hydrogens (tertiary/aromatic N) is 2. The summed E-state index contributed by atoms with van der Waals surface area (Å²) in [5.74, 6) is -0.741. The molecule has 2 atom stereocenters. The highest BCUT2D eigenvalue weighted by molar-refractivity contribution is 7.92. The Morgan fingerprint density at radius 3 is 2.09 bits per heavy atom. The first-order valence-electron chi connectivity index (χ1n) is 14.1. The lowest BCUT2D eigenvalue weighted by atomic mass is 10.1. The molecule has 0 fully saturated rings. The van der Waals surface area contributed by atoms with E-state index >= 15 is 0 Å². The van der Waals surface area contributed by atoms with E-state index < -0.39 is 34.3 Å². The van der Waals surface area contributed by atoms with E-state index in [9.17, 15) is 22.4 Å². The van der Waals surface area contributed by atoms with Gasteiger partial charge in [0.1, 0.15) is 18.4 Å². The van der Waals surface area contributed by atoms with Gasteiger partial charge in [0, 0.05) is 18.7 Å². The van der Waals surface area contributed by atoms with Gasteiger partial charge in [-0.15, -0.1) is 0 Å². The lowest BCUT2D eigenvalue weighted by Crippen LogP contribution is -2.53. The molecule has 1 N–H and O–H groups in total. The van der Waals surface area contributed by atoms with Gasteiger partial charge in [-0.05, 0) is 68.7 Å². The van der Waals surface area contributed by atoms with Crippen molar-refractivity contribution in [1.29, 1.82) is 0 Å². The molecular formula is C32H40FN3O6S. The van der Waals surface area contributed by atoms with Gasteiger partial charge in [-0.1, -0.05) is 43.7 Å². The van der Waals surface area contributed by atoms with E-state index in [2.05, 4.69) is 5.32 Å². The van der Waals surface area contributed by atoms with Gasteiger partial charge >= 0.3 is 0 Å². The number of methoxy groups -OCH3 is 2. The van der Waals surface area contributed by atoms with Crippen LogP contribution in [-0.2, 0) is 26.2 Å². The largest absolute Gasteiger partial charge is 0.493 e. The number of aryl methyl sites for hydroxylation is 1. The Bertz CT molecular complexity index is 1500. The van der Waals surface area contributed by atoms with Crippen molar-refractivity contribution in [2.24, 2.45) is 0 Å². The second-order valence-corrected chi connectivity index (χ2v) is 12.1. The molecule has 232 valence electrons. The minimum Gasteiger partial charge on any atom is -0.493 e. The zero-order chi connectivity index (χ0) is 31.7. The van der Waals surface area contributed by atoms with Gasteiger partial charge in [0.2, 0.25) is 11.8 Å². The van der Waals surface area contributed by atoms with E-state index in [0.717, 1.165) is 9.87 Å². The summed E-state index contributed by atoms with van der Waals surface area (Å²) in [4.78, 5) is 28.9. The summed E-state index contributed by atoms with van der Waals surface area (Å²) in [7, 11) is -1.37. The molecule has 0 saturated carbocycles. The fourth-order valence-electron chi connectivity index (χ4n) is 4.49. The lowest BCUT2D eigenvalue weighted by molar-refractivity contribution is -0.140. The van der Waals surface area contributed by atoms with Crippen LogP contribution in [0.15, 0.2) is 71.6 Å². The van der Waals surface area contributed by atoms with Crippen molar-refractivity contribution in [2.45, 2.75) is 64.1 Å². The Morgan fingerprint density at radius 1 is 0.907 bits per heavy atom. The van der Waals surface area contributed by atoms with Gasteiger partial charge in [0.15, 0.2) is 11.5 Å². The number of benzene rings is 3. The molecule has 0 heterocycles. The van der Waals surface area contributed by atoms with E-state index in [1.165, 1.54) is 67.7 Å². The molecule has 0 aliphatic heterocycles. The SMILES string of the molecule is CC[C@H](C)NC(=O)[C@H](CC)N(Cc1ccc(F)cc1)C(=O)CN(c1ccc(OC)c(OC)c1)S(=O)(=O)c1ccc(C)cc1. The highest BCUT2D eigenvalue weighted by Gasteiger charge is 2.34. The minimum atomic E-state index is -4.26. The molecule has 43 heavy (non-hydrogen) atoms. The van der Waals surface area contributed by atoms with Crippen LogP contribution in [0, 0.1) is 12.7 Å². The van der Waals surface area contributed by atoms with Crippen molar-refractivity contribution in [2.75, 3.05) is 25.1 Å². The number of carbonyl (C=O) groups is 2. The van der Waals surface area contributed by atoms with Crippen molar-refractivity contribution in [3.8, 4) is 11.5 Å². The summed E-state index contributed by atoms with van der Waals surface area (Å²) >= 11 is 0. The molecule has 0 aliphatic carbocycles. The quantitative estimate of drug-likeness (QED) is 0.272. The van der Waals surface area contributed by atoms with Gasteiger partial charge in [-0.25, -0.2) is 12.8 Å². The van der Waals surface area contributed by atoms with Gasteiger partial charge < -0.3 is 19.7 Å². The summed E-state index contributed by atoms with van der Waals surface area (Å²) in [5, 5.41) is 2.93. The zero-order valence-corrected chi connectivity index (χ0v) is 26.3. The summed E-state index contributed by atoms with van der Waals surface area (Å²) in [6, 6.07) is 15.5. The number of nitrogens with one attached hydrogen (secondary N) is 1. The maximum Gasteiger partial charge on any atom is 0.264 e. The molecule has 0 spiro atoms. The van der Waals surface area contributed by atoms with Crippen LogP contribution >= 0.6 is 0 Å². The molecule has 3 aromatic carbocycles.